The van der Waals surface area contributed by atoms with Crippen molar-refractivity contribution in [3.63, 3.8) is 0 Å². The maximum Gasteiger partial charge on any atom is 0.266 e. The number of halogens is 3. The molecule has 0 atom stereocenters. The first-order valence-electron chi connectivity index (χ1n) is 9.20. The second-order valence-corrected chi connectivity index (χ2v) is 9.13. The fraction of sp³-hybridized carbons (Fsp3) is 0.0417. The monoisotopic (exact) mass is 613 g/mol. The van der Waals surface area contributed by atoms with Crippen molar-refractivity contribution in [2.24, 2.45) is 0 Å². The number of hydrogen-bond donors (Lipinski definition) is 1. The van der Waals surface area contributed by atoms with Crippen molar-refractivity contribution in [2.75, 3.05) is 5.32 Å². The van der Waals surface area contributed by atoms with Gasteiger partial charge in [0.05, 0.1) is 20.6 Å². The highest BCUT2D eigenvalue weighted by molar-refractivity contribution is 9.11. The van der Waals surface area contributed by atoms with Crippen molar-refractivity contribution >= 4 is 65.5 Å². The number of nitrogens with one attached hydrogen (secondary N) is 1. The van der Waals surface area contributed by atoms with Gasteiger partial charge in [-0.3, -0.25) is 4.79 Å². The van der Waals surface area contributed by atoms with Crippen LogP contribution in [0.15, 0.2) is 79.7 Å². The van der Waals surface area contributed by atoms with Crippen LogP contribution < -0.4 is 10.1 Å². The molecule has 158 valence electrons. The fourth-order valence-electron chi connectivity index (χ4n) is 2.79. The van der Waals surface area contributed by atoms with Crippen molar-refractivity contribution in [1.82, 2.24) is 0 Å². The molecular weight excluding hydrogens is 602 g/mol. The highest BCUT2D eigenvalue weighted by Crippen LogP contribution is 2.36. The van der Waals surface area contributed by atoms with E-state index in [1.54, 1.807) is 42.5 Å². The summed E-state index contributed by atoms with van der Waals surface area (Å²) in [6.07, 6.45) is 1.50. The van der Waals surface area contributed by atoms with Gasteiger partial charge in [-0.25, -0.2) is 0 Å². The van der Waals surface area contributed by atoms with Gasteiger partial charge in [0.25, 0.3) is 5.91 Å². The average molecular weight is 616 g/mol. The van der Waals surface area contributed by atoms with E-state index in [0.717, 1.165) is 10.0 Å². The summed E-state index contributed by atoms with van der Waals surface area (Å²) in [7, 11) is 0. The van der Waals surface area contributed by atoms with Gasteiger partial charge in [-0.15, -0.1) is 0 Å². The first-order valence-corrected chi connectivity index (χ1v) is 11.6. The predicted molar refractivity (Wildman–Crippen MR) is 134 cm³/mol. The molecule has 0 radical (unpaired) electrons. The van der Waals surface area contributed by atoms with Gasteiger partial charge in [-0.2, -0.15) is 10.5 Å². The molecule has 1 N–H and O–H groups in total. The number of rotatable bonds is 6. The highest BCUT2D eigenvalue weighted by atomic mass is 79.9. The van der Waals surface area contributed by atoms with E-state index in [4.69, 9.17) is 4.74 Å². The van der Waals surface area contributed by atoms with E-state index in [-0.39, 0.29) is 12.2 Å². The maximum atomic E-state index is 12.5. The highest BCUT2D eigenvalue weighted by Gasteiger charge is 2.13. The molecule has 0 saturated heterocycles. The Bertz CT molecular complexity index is 1270. The minimum absolute atomic E-state index is 0.0413. The van der Waals surface area contributed by atoms with E-state index in [0.29, 0.717) is 31.5 Å². The molecule has 32 heavy (non-hydrogen) atoms. The lowest BCUT2D eigenvalue weighted by molar-refractivity contribution is -0.112. The summed E-state index contributed by atoms with van der Waals surface area (Å²) in [6, 6.07) is 21.9. The Kier molecular flexibility index (Phi) is 8.24. The first-order chi connectivity index (χ1) is 15.4. The van der Waals surface area contributed by atoms with Crippen molar-refractivity contribution < 1.29 is 9.53 Å². The topological polar surface area (TPSA) is 85.9 Å². The Hall–Kier alpha value is -2.91. The smallest absolute Gasteiger partial charge is 0.266 e. The van der Waals surface area contributed by atoms with Gasteiger partial charge in [-0.05, 0) is 79.9 Å². The molecule has 0 aromatic heterocycles. The molecule has 3 rings (SSSR count). The molecule has 0 spiro atoms. The molecule has 5 nitrogen and oxygen atoms in total. The second kappa shape index (κ2) is 11.1. The summed E-state index contributed by atoms with van der Waals surface area (Å²) < 4.78 is 8.00. The summed E-state index contributed by atoms with van der Waals surface area (Å²) in [5.74, 6) is 0.0401. The Balaban J connectivity index is 1.79. The molecule has 0 heterocycles. The lowest BCUT2D eigenvalue weighted by atomic mass is 10.1. The fourth-order valence-corrected chi connectivity index (χ4v) is 4.64. The van der Waals surface area contributed by atoms with Crippen LogP contribution in [-0.2, 0) is 11.4 Å². The SMILES string of the molecule is N#C/C(=C/c1cc(Br)c(OCc2ccccc2C#N)c(Br)c1)C(=O)Nc1cccc(Br)c1. The van der Waals surface area contributed by atoms with E-state index in [1.807, 2.05) is 24.3 Å². The number of nitriles is 2. The van der Waals surface area contributed by atoms with E-state index in [1.165, 1.54) is 6.08 Å². The van der Waals surface area contributed by atoms with Crippen LogP contribution in [0.1, 0.15) is 16.7 Å². The number of hydrogen-bond acceptors (Lipinski definition) is 4. The zero-order chi connectivity index (χ0) is 23.1. The van der Waals surface area contributed by atoms with Crippen molar-refractivity contribution in [1.29, 1.82) is 10.5 Å². The summed E-state index contributed by atoms with van der Waals surface area (Å²) in [4.78, 5) is 12.5. The second-order valence-electron chi connectivity index (χ2n) is 6.51. The van der Waals surface area contributed by atoms with Crippen LogP contribution in [0, 0.1) is 22.7 Å². The van der Waals surface area contributed by atoms with Gasteiger partial charge in [0, 0.05) is 15.7 Å². The minimum atomic E-state index is -0.508. The molecule has 0 aliphatic heterocycles. The molecule has 0 fully saturated rings. The number of carbonyl (C=O) groups excluding carboxylic acids is 1. The number of amides is 1. The molecule has 0 unspecified atom stereocenters. The Morgan fingerprint density at radius 1 is 1.00 bits per heavy atom. The third kappa shape index (κ3) is 6.08. The number of benzene rings is 3. The molecule has 0 aliphatic rings. The van der Waals surface area contributed by atoms with Crippen molar-refractivity contribution in [3.05, 3.63) is 96.3 Å². The van der Waals surface area contributed by atoms with Crippen LogP contribution in [0.5, 0.6) is 5.75 Å². The Morgan fingerprint density at radius 2 is 1.72 bits per heavy atom. The normalized spacial score (nSPS) is 10.7. The number of carbonyl (C=O) groups is 1. The van der Waals surface area contributed by atoms with Crippen LogP contribution >= 0.6 is 47.8 Å². The van der Waals surface area contributed by atoms with Crippen LogP contribution in [-0.4, -0.2) is 5.91 Å². The first kappa shape index (κ1) is 23.7. The van der Waals surface area contributed by atoms with Crippen molar-refractivity contribution in [2.45, 2.75) is 6.61 Å². The molecule has 0 saturated carbocycles. The van der Waals surface area contributed by atoms with E-state index in [2.05, 4.69) is 59.2 Å². The van der Waals surface area contributed by atoms with Gasteiger partial charge in [0.2, 0.25) is 0 Å². The third-order valence-electron chi connectivity index (χ3n) is 4.29. The Morgan fingerprint density at radius 3 is 2.38 bits per heavy atom. The van der Waals surface area contributed by atoms with Gasteiger partial charge >= 0.3 is 0 Å². The van der Waals surface area contributed by atoms with E-state index < -0.39 is 5.91 Å². The van der Waals surface area contributed by atoms with Crippen molar-refractivity contribution in [3.8, 4) is 17.9 Å². The van der Waals surface area contributed by atoms with Crippen LogP contribution in [0.4, 0.5) is 5.69 Å². The third-order valence-corrected chi connectivity index (χ3v) is 5.96. The maximum absolute atomic E-state index is 12.5. The largest absolute Gasteiger partial charge is 0.486 e. The lowest BCUT2D eigenvalue weighted by Crippen LogP contribution is -2.13. The lowest BCUT2D eigenvalue weighted by Gasteiger charge is -2.12. The molecule has 3 aromatic carbocycles. The van der Waals surface area contributed by atoms with Gasteiger partial charge < -0.3 is 10.1 Å². The summed E-state index contributed by atoms with van der Waals surface area (Å²) in [5.41, 5.74) is 2.49. The Labute approximate surface area is 210 Å². The molecule has 1 amide bonds. The zero-order valence-electron chi connectivity index (χ0n) is 16.4. The minimum Gasteiger partial charge on any atom is -0.486 e. The number of ether oxygens (including phenoxy) is 1. The van der Waals surface area contributed by atoms with Gasteiger partial charge in [0.15, 0.2) is 0 Å². The molecule has 8 heteroatoms. The molecule has 3 aromatic rings. The summed E-state index contributed by atoms with van der Waals surface area (Å²) in [6.45, 7) is 0.217. The quantitative estimate of drug-likeness (QED) is 0.240. The van der Waals surface area contributed by atoms with Crippen LogP contribution in [0.2, 0.25) is 0 Å². The molecule has 0 aliphatic carbocycles. The van der Waals surface area contributed by atoms with Crippen LogP contribution in [0.3, 0.4) is 0 Å². The average Bonchev–Trinajstić information content (AvgIpc) is 2.77. The van der Waals surface area contributed by atoms with E-state index in [9.17, 15) is 15.3 Å². The number of nitrogens with zero attached hydrogens (tertiary/aromatic N) is 2. The number of anilines is 1. The molecular formula is C24H14Br3N3O2. The van der Waals surface area contributed by atoms with Gasteiger partial charge in [0.1, 0.15) is 24.0 Å². The van der Waals surface area contributed by atoms with Gasteiger partial charge in [-0.1, -0.05) is 40.2 Å². The standard InChI is InChI=1S/C24H14Br3N3O2/c25-19-6-3-7-20(11-19)30-24(31)18(13-29)8-15-9-21(26)23(22(27)10-15)32-14-17-5-2-1-4-16(17)12-28/h1-11H,14H2,(H,30,31)/b18-8-. The molecule has 0 bridgehead atoms. The zero-order valence-corrected chi connectivity index (χ0v) is 21.2. The summed E-state index contributed by atoms with van der Waals surface area (Å²) in [5, 5.41) is 21.4. The van der Waals surface area contributed by atoms with Crippen LogP contribution in [0.25, 0.3) is 6.08 Å². The predicted octanol–water partition coefficient (Wildman–Crippen LogP) is 6.97. The summed E-state index contributed by atoms with van der Waals surface area (Å²) >= 11 is 10.3. The van der Waals surface area contributed by atoms with E-state index >= 15 is 0 Å².